The standard InChI is InChI=1S/C29H47BCl2N2O3/c1-26(2,3)33-25(35)29(8)17-20(14-15-30-36-27(4,5)28(6,7)37-30)10-12-22(29)19-34(9)18-21-11-13-23(31)24(32)16-21/h11,13,16,20,22H,10,12,14-15,17-19H2,1-9H3,(H,33,35)/t20-,22?,29-/m0/s1. The van der Waals surface area contributed by atoms with Crippen molar-refractivity contribution >= 4 is 36.2 Å². The summed E-state index contributed by atoms with van der Waals surface area (Å²) in [4.78, 5) is 16.0. The number of hydrogen-bond donors (Lipinski definition) is 1. The number of nitrogens with zero attached hydrogens (tertiary/aromatic N) is 1. The van der Waals surface area contributed by atoms with Gasteiger partial charge in [0.05, 0.1) is 26.7 Å². The third-order valence-corrected chi connectivity index (χ3v) is 9.36. The fourth-order valence-corrected chi connectivity index (χ4v) is 6.09. The van der Waals surface area contributed by atoms with Crippen molar-refractivity contribution in [1.29, 1.82) is 0 Å². The normalized spacial score (nSPS) is 27.5. The van der Waals surface area contributed by atoms with E-state index in [1.54, 1.807) is 0 Å². The first kappa shape index (κ1) is 30.8. The molecule has 5 nitrogen and oxygen atoms in total. The molecule has 1 aliphatic heterocycles. The highest BCUT2D eigenvalue weighted by molar-refractivity contribution is 6.45. The molecule has 2 fully saturated rings. The van der Waals surface area contributed by atoms with Gasteiger partial charge in [0.15, 0.2) is 0 Å². The summed E-state index contributed by atoms with van der Waals surface area (Å²) in [6.07, 6.45) is 4.87. The van der Waals surface area contributed by atoms with E-state index in [4.69, 9.17) is 32.5 Å². The van der Waals surface area contributed by atoms with Gasteiger partial charge in [0.2, 0.25) is 5.91 Å². The summed E-state index contributed by atoms with van der Waals surface area (Å²) in [6, 6.07) is 5.79. The predicted molar refractivity (Wildman–Crippen MR) is 155 cm³/mol. The van der Waals surface area contributed by atoms with E-state index in [-0.39, 0.29) is 35.7 Å². The Kier molecular flexibility index (Phi) is 9.45. The van der Waals surface area contributed by atoms with Crippen molar-refractivity contribution in [3.63, 3.8) is 0 Å². The monoisotopic (exact) mass is 552 g/mol. The molecule has 0 bridgehead atoms. The molecular formula is C29H47BCl2N2O3. The number of rotatable bonds is 8. The number of hydrogen-bond acceptors (Lipinski definition) is 4. The van der Waals surface area contributed by atoms with Gasteiger partial charge in [-0.15, -0.1) is 0 Å². The number of nitrogens with one attached hydrogen (secondary N) is 1. The van der Waals surface area contributed by atoms with Gasteiger partial charge in [-0.3, -0.25) is 4.79 Å². The first-order chi connectivity index (χ1) is 16.9. The number of carbonyl (C=O) groups excluding carboxylic acids is 1. The van der Waals surface area contributed by atoms with Crippen LogP contribution in [-0.4, -0.2) is 48.3 Å². The summed E-state index contributed by atoms with van der Waals surface area (Å²) in [7, 11) is 1.93. The number of amides is 1. The van der Waals surface area contributed by atoms with E-state index in [1.165, 1.54) is 0 Å². The summed E-state index contributed by atoms with van der Waals surface area (Å²) in [5.41, 5.74) is -0.219. The smallest absolute Gasteiger partial charge is 0.403 e. The molecule has 37 heavy (non-hydrogen) atoms. The van der Waals surface area contributed by atoms with Gasteiger partial charge < -0.3 is 19.5 Å². The van der Waals surface area contributed by atoms with Crippen LogP contribution in [0, 0.1) is 17.3 Å². The SMILES string of the molecule is CN(Cc1ccc(Cl)c(Cl)c1)CC1CC[C@@H](CCB2OC(C)(C)C(C)(C)O2)C[C@]1(C)C(=O)NC(C)(C)C. The molecule has 1 heterocycles. The van der Waals surface area contributed by atoms with Crippen LogP contribution in [0.2, 0.25) is 16.4 Å². The molecule has 1 saturated carbocycles. The largest absolute Gasteiger partial charge is 0.457 e. The molecule has 1 aliphatic carbocycles. The number of carbonyl (C=O) groups is 1. The summed E-state index contributed by atoms with van der Waals surface area (Å²) in [6.45, 7) is 18.3. The highest BCUT2D eigenvalue weighted by Crippen LogP contribution is 2.47. The van der Waals surface area contributed by atoms with Crippen molar-refractivity contribution in [2.75, 3.05) is 13.6 Å². The summed E-state index contributed by atoms with van der Waals surface area (Å²) < 4.78 is 12.5. The Morgan fingerprint density at radius 3 is 2.27 bits per heavy atom. The van der Waals surface area contributed by atoms with E-state index in [0.29, 0.717) is 16.0 Å². The lowest BCUT2D eigenvalue weighted by atomic mass is 9.61. The Labute approximate surface area is 235 Å². The highest BCUT2D eigenvalue weighted by atomic mass is 35.5. The minimum atomic E-state index is -0.446. The molecular weight excluding hydrogens is 506 g/mol. The first-order valence-corrected chi connectivity index (χ1v) is 14.5. The summed E-state index contributed by atoms with van der Waals surface area (Å²) >= 11 is 12.3. The maximum Gasteiger partial charge on any atom is 0.457 e. The Bertz CT molecular complexity index is 949. The molecule has 1 aromatic carbocycles. The Morgan fingerprint density at radius 2 is 1.70 bits per heavy atom. The fraction of sp³-hybridized carbons (Fsp3) is 0.759. The van der Waals surface area contributed by atoms with Crippen LogP contribution < -0.4 is 5.32 Å². The van der Waals surface area contributed by atoms with E-state index >= 15 is 0 Å². The lowest BCUT2D eigenvalue weighted by Gasteiger charge is -2.46. The fourth-order valence-electron chi connectivity index (χ4n) is 5.77. The molecule has 1 amide bonds. The summed E-state index contributed by atoms with van der Waals surface area (Å²) in [5.74, 6) is 0.885. The van der Waals surface area contributed by atoms with Gasteiger partial charge in [0.25, 0.3) is 0 Å². The van der Waals surface area contributed by atoms with Crippen LogP contribution in [0.25, 0.3) is 0 Å². The topological polar surface area (TPSA) is 50.8 Å². The first-order valence-electron chi connectivity index (χ1n) is 13.7. The molecule has 1 N–H and O–H groups in total. The third-order valence-electron chi connectivity index (χ3n) is 8.63. The molecule has 208 valence electrons. The lowest BCUT2D eigenvalue weighted by molar-refractivity contribution is -0.139. The molecule has 1 unspecified atom stereocenters. The second-order valence-corrected chi connectivity index (χ2v) is 14.5. The Balaban J connectivity index is 1.68. The van der Waals surface area contributed by atoms with Crippen LogP contribution in [0.5, 0.6) is 0 Å². The van der Waals surface area contributed by atoms with Crippen LogP contribution in [0.3, 0.4) is 0 Å². The van der Waals surface area contributed by atoms with Gasteiger partial charge in [-0.05, 0) is 104 Å². The minimum Gasteiger partial charge on any atom is -0.403 e. The molecule has 2 aliphatic rings. The quantitative estimate of drug-likeness (QED) is 0.345. The van der Waals surface area contributed by atoms with Crippen molar-refractivity contribution in [2.24, 2.45) is 17.3 Å². The van der Waals surface area contributed by atoms with E-state index in [1.807, 2.05) is 18.2 Å². The number of halogens is 2. The van der Waals surface area contributed by atoms with Crippen LogP contribution in [0.1, 0.15) is 86.6 Å². The Morgan fingerprint density at radius 1 is 1.08 bits per heavy atom. The molecule has 0 spiro atoms. The van der Waals surface area contributed by atoms with Crippen molar-refractivity contribution < 1.29 is 14.1 Å². The molecule has 1 aromatic rings. The van der Waals surface area contributed by atoms with Gasteiger partial charge in [-0.25, -0.2) is 0 Å². The van der Waals surface area contributed by atoms with E-state index < -0.39 is 5.41 Å². The van der Waals surface area contributed by atoms with Crippen molar-refractivity contribution in [3.05, 3.63) is 33.8 Å². The van der Waals surface area contributed by atoms with Crippen LogP contribution in [-0.2, 0) is 20.6 Å². The molecule has 3 rings (SSSR count). The predicted octanol–water partition coefficient (Wildman–Crippen LogP) is 7.24. The van der Waals surface area contributed by atoms with Gasteiger partial charge >= 0.3 is 7.12 Å². The van der Waals surface area contributed by atoms with E-state index in [9.17, 15) is 4.79 Å². The second-order valence-electron chi connectivity index (χ2n) is 13.7. The third kappa shape index (κ3) is 7.66. The van der Waals surface area contributed by atoms with Crippen LogP contribution >= 0.6 is 23.2 Å². The number of benzene rings is 1. The van der Waals surface area contributed by atoms with Crippen LogP contribution in [0.15, 0.2) is 18.2 Å². The zero-order valence-electron chi connectivity index (χ0n) is 24.3. The maximum atomic E-state index is 13.7. The van der Waals surface area contributed by atoms with Crippen molar-refractivity contribution in [2.45, 2.75) is 111 Å². The van der Waals surface area contributed by atoms with Crippen molar-refractivity contribution in [3.8, 4) is 0 Å². The van der Waals surface area contributed by atoms with Gasteiger partial charge in [-0.1, -0.05) is 49.0 Å². The average Bonchev–Trinajstić information content (AvgIpc) is 2.96. The molecule has 0 radical (unpaired) electrons. The van der Waals surface area contributed by atoms with E-state index in [0.717, 1.165) is 50.7 Å². The zero-order valence-corrected chi connectivity index (χ0v) is 25.9. The molecule has 3 atom stereocenters. The van der Waals surface area contributed by atoms with Crippen molar-refractivity contribution in [1.82, 2.24) is 10.2 Å². The molecule has 0 aromatic heterocycles. The van der Waals surface area contributed by atoms with E-state index in [2.05, 4.69) is 72.7 Å². The molecule has 1 saturated heterocycles. The zero-order chi connectivity index (χ0) is 27.8. The van der Waals surface area contributed by atoms with Crippen LogP contribution in [0.4, 0.5) is 0 Å². The van der Waals surface area contributed by atoms with Gasteiger partial charge in [-0.2, -0.15) is 0 Å². The highest BCUT2D eigenvalue weighted by Gasteiger charge is 2.51. The van der Waals surface area contributed by atoms with Gasteiger partial charge in [0.1, 0.15) is 0 Å². The summed E-state index contributed by atoms with van der Waals surface area (Å²) in [5, 5.41) is 4.44. The average molecular weight is 553 g/mol. The van der Waals surface area contributed by atoms with Gasteiger partial charge in [0, 0.05) is 18.6 Å². The second kappa shape index (κ2) is 11.4. The molecule has 8 heteroatoms. The minimum absolute atomic E-state index is 0.160. The lowest BCUT2D eigenvalue weighted by Crippen LogP contribution is -2.54. The Hall–Kier alpha value is -0.785. The maximum absolute atomic E-state index is 13.7.